The van der Waals surface area contributed by atoms with E-state index in [9.17, 15) is 8.42 Å². The first kappa shape index (κ1) is 18.0. The first-order valence-corrected chi connectivity index (χ1v) is 8.79. The molecule has 0 aromatic heterocycles. The monoisotopic (exact) mass is 416 g/mol. The van der Waals surface area contributed by atoms with Crippen LogP contribution in [0.4, 0.5) is 0 Å². The Labute approximate surface area is 138 Å². The van der Waals surface area contributed by atoms with E-state index in [2.05, 4.69) is 10.3 Å². The molecule has 1 aliphatic heterocycles. The Kier molecular flexibility index (Phi) is 6.99. The first-order valence-electron chi connectivity index (χ1n) is 6.94. The molecular weight excluding hydrogens is 391 g/mol. The predicted molar refractivity (Wildman–Crippen MR) is 91.8 cm³/mol. The number of guanidine groups is 1. The average molecular weight is 416 g/mol. The van der Waals surface area contributed by atoms with E-state index < -0.39 is 10.0 Å². The SMILES string of the molecule is CS(=O)(=O)N1CCC(CN=C(N)NCC2CCC2)C1.I. The summed E-state index contributed by atoms with van der Waals surface area (Å²) in [7, 11) is -3.05. The molecule has 8 heteroatoms. The molecule has 1 aliphatic carbocycles. The van der Waals surface area contributed by atoms with Gasteiger partial charge in [0, 0.05) is 26.2 Å². The van der Waals surface area contributed by atoms with Crippen molar-refractivity contribution in [3.63, 3.8) is 0 Å². The van der Waals surface area contributed by atoms with Crippen molar-refractivity contribution in [1.82, 2.24) is 9.62 Å². The minimum Gasteiger partial charge on any atom is -0.370 e. The third-order valence-corrected chi connectivity index (χ3v) is 5.30. The molecule has 6 nitrogen and oxygen atoms in total. The van der Waals surface area contributed by atoms with Crippen molar-refractivity contribution in [3.05, 3.63) is 0 Å². The summed E-state index contributed by atoms with van der Waals surface area (Å²) in [6.45, 7) is 2.69. The molecule has 2 rings (SSSR count). The molecule has 3 N–H and O–H groups in total. The highest BCUT2D eigenvalue weighted by molar-refractivity contribution is 14.0. The van der Waals surface area contributed by atoms with Crippen LogP contribution in [-0.2, 0) is 10.0 Å². The lowest BCUT2D eigenvalue weighted by Gasteiger charge is -2.25. The van der Waals surface area contributed by atoms with Gasteiger partial charge in [-0.2, -0.15) is 0 Å². The number of nitrogens with zero attached hydrogens (tertiary/aromatic N) is 2. The molecule has 1 heterocycles. The van der Waals surface area contributed by atoms with Crippen molar-refractivity contribution in [2.75, 3.05) is 32.4 Å². The fraction of sp³-hybridized carbons (Fsp3) is 0.917. The number of sulfonamides is 1. The molecule has 0 radical (unpaired) electrons. The van der Waals surface area contributed by atoms with E-state index in [1.165, 1.54) is 29.8 Å². The maximum Gasteiger partial charge on any atom is 0.211 e. The van der Waals surface area contributed by atoms with E-state index in [1.807, 2.05) is 0 Å². The van der Waals surface area contributed by atoms with E-state index >= 15 is 0 Å². The van der Waals surface area contributed by atoms with Gasteiger partial charge >= 0.3 is 0 Å². The Morgan fingerprint density at radius 1 is 1.35 bits per heavy atom. The van der Waals surface area contributed by atoms with Crippen molar-refractivity contribution in [2.45, 2.75) is 25.7 Å². The fourth-order valence-corrected chi connectivity index (χ4v) is 3.40. The number of hydrogen-bond donors (Lipinski definition) is 2. The standard InChI is InChI=1S/C12H24N4O2S.HI/c1-19(17,18)16-6-5-11(9-16)8-15-12(13)14-7-10-3-2-4-10;/h10-11H,2-9H2,1H3,(H3,13,14,15);1H. The second-order valence-electron chi connectivity index (χ2n) is 5.68. The number of halogens is 1. The Bertz CT molecular complexity index is 437. The molecule has 1 saturated heterocycles. The highest BCUT2D eigenvalue weighted by Crippen LogP contribution is 2.25. The highest BCUT2D eigenvalue weighted by Gasteiger charge is 2.28. The summed E-state index contributed by atoms with van der Waals surface area (Å²) in [5, 5.41) is 3.15. The summed E-state index contributed by atoms with van der Waals surface area (Å²) in [5.74, 6) is 1.53. The molecule has 0 bridgehead atoms. The number of rotatable bonds is 5. The third-order valence-electron chi connectivity index (χ3n) is 4.03. The number of nitrogens with two attached hydrogens (primary N) is 1. The molecule has 0 spiro atoms. The average Bonchev–Trinajstić information content (AvgIpc) is 2.72. The third kappa shape index (κ3) is 5.36. The fourth-order valence-electron chi connectivity index (χ4n) is 2.48. The van der Waals surface area contributed by atoms with Crippen LogP contribution in [0, 0.1) is 11.8 Å². The van der Waals surface area contributed by atoms with Crippen LogP contribution in [0.1, 0.15) is 25.7 Å². The van der Waals surface area contributed by atoms with Gasteiger partial charge in [-0.3, -0.25) is 4.99 Å². The van der Waals surface area contributed by atoms with Gasteiger partial charge < -0.3 is 11.1 Å². The predicted octanol–water partition coefficient (Wildman–Crippen LogP) is 0.590. The Hall–Kier alpha value is -0.0900. The molecule has 0 aromatic rings. The van der Waals surface area contributed by atoms with Gasteiger partial charge in [0.2, 0.25) is 10.0 Å². The molecule has 0 aromatic carbocycles. The van der Waals surface area contributed by atoms with E-state index in [-0.39, 0.29) is 24.0 Å². The lowest BCUT2D eigenvalue weighted by atomic mass is 9.85. The summed E-state index contributed by atoms with van der Waals surface area (Å²) in [4.78, 5) is 4.31. The lowest BCUT2D eigenvalue weighted by molar-refractivity contribution is 0.315. The summed E-state index contributed by atoms with van der Waals surface area (Å²) in [6.07, 6.45) is 6.02. The molecule has 1 saturated carbocycles. The van der Waals surface area contributed by atoms with Crippen LogP contribution in [0.5, 0.6) is 0 Å². The first-order chi connectivity index (χ1) is 8.95. The molecule has 2 aliphatic rings. The quantitative estimate of drug-likeness (QED) is 0.390. The summed E-state index contributed by atoms with van der Waals surface area (Å²) < 4.78 is 24.3. The van der Waals surface area contributed by atoms with Gasteiger partial charge in [-0.1, -0.05) is 6.42 Å². The van der Waals surface area contributed by atoms with Crippen LogP contribution in [0.3, 0.4) is 0 Å². The second-order valence-corrected chi connectivity index (χ2v) is 7.66. The summed E-state index contributed by atoms with van der Waals surface area (Å²) in [5.41, 5.74) is 5.81. The smallest absolute Gasteiger partial charge is 0.211 e. The Balaban J connectivity index is 0.00000200. The topological polar surface area (TPSA) is 87.8 Å². The van der Waals surface area contributed by atoms with Crippen molar-refractivity contribution >= 4 is 40.0 Å². The normalized spacial score (nSPS) is 25.1. The highest BCUT2D eigenvalue weighted by atomic mass is 127. The summed E-state index contributed by atoms with van der Waals surface area (Å²) >= 11 is 0. The van der Waals surface area contributed by atoms with Crippen LogP contribution in [0.25, 0.3) is 0 Å². The minimum atomic E-state index is -3.05. The molecule has 0 amide bonds. The molecule has 1 atom stereocenters. The van der Waals surface area contributed by atoms with E-state index in [1.54, 1.807) is 0 Å². The van der Waals surface area contributed by atoms with Crippen molar-refractivity contribution < 1.29 is 8.42 Å². The van der Waals surface area contributed by atoms with Crippen molar-refractivity contribution in [3.8, 4) is 0 Å². The van der Waals surface area contributed by atoms with Crippen LogP contribution in [0.2, 0.25) is 0 Å². The van der Waals surface area contributed by atoms with Crippen LogP contribution < -0.4 is 11.1 Å². The van der Waals surface area contributed by atoms with E-state index in [4.69, 9.17) is 5.73 Å². The second kappa shape index (κ2) is 7.79. The molecule has 1 unspecified atom stereocenters. The maximum atomic E-state index is 11.4. The zero-order valence-electron chi connectivity index (χ0n) is 11.9. The van der Waals surface area contributed by atoms with Gasteiger partial charge in [0.25, 0.3) is 0 Å². The van der Waals surface area contributed by atoms with Gasteiger partial charge in [-0.05, 0) is 31.1 Å². The summed E-state index contributed by atoms with van der Waals surface area (Å²) in [6, 6.07) is 0. The minimum absolute atomic E-state index is 0. The number of hydrogen-bond acceptors (Lipinski definition) is 3. The van der Waals surface area contributed by atoms with E-state index in [0.717, 1.165) is 18.9 Å². The number of nitrogens with one attached hydrogen (secondary N) is 1. The molecule has 2 fully saturated rings. The molecule has 118 valence electrons. The van der Waals surface area contributed by atoms with Gasteiger partial charge in [-0.25, -0.2) is 12.7 Å². The van der Waals surface area contributed by atoms with Gasteiger partial charge in [0.1, 0.15) is 0 Å². The zero-order chi connectivity index (χ0) is 13.9. The lowest BCUT2D eigenvalue weighted by Crippen LogP contribution is -2.37. The number of aliphatic imine (C=N–C) groups is 1. The van der Waals surface area contributed by atoms with E-state index in [0.29, 0.717) is 31.5 Å². The Morgan fingerprint density at radius 2 is 2.05 bits per heavy atom. The van der Waals surface area contributed by atoms with Crippen molar-refractivity contribution in [2.24, 2.45) is 22.6 Å². The van der Waals surface area contributed by atoms with Gasteiger partial charge in [-0.15, -0.1) is 24.0 Å². The molecule has 20 heavy (non-hydrogen) atoms. The van der Waals surface area contributed by atoms with Gasteiger partial charge in [0.15, 0.2) is 5.96 Å². The Morgan fingerprint density at radius 3 is 2.55 bits per heavy atom. The van der Waals surface area contributed by atoms with Crippen LogP contribution in [-0.4, -0.2) is 51.1 Å². The molecular formula is C12H25IN4O2S. The van der Waals surface area contributed by atoms with Crippen LogP contribution in [0.15, 0.2) is 4.99 Å². The van der Waals surface area contributed by atoms with Crippen LogP contribution >= 0.6 is 24.0 Å². The van der Waals surface area contributed by atoms with Gasteiger partial charge in [0.05, 0.1) is 6.26 Å². The largest absolute Gasteiger partial charge is 0.370 e. The van der Waals surface area contributed by atoms with Crippen molar-refractivity contribution in [1.29, 1.82) is 0 Å². The zero-order valence-corrected chi connectivity index (χ0v) is 15.1. The maximum absolute atomic E-state index is 11.4.